The van der Waals surface area contributed by atoms with E-state index in [4.69, 9.17) is 9.72 Å². The summed E-state index contributed by atoms with van der Waals surface area (Å²) >= 11 is 0. The van der Waals surface area contributed by atoms with Crippen molar-refractivity contribution < 1.29 is 22.7 Å². The normalized spacial score (nSPS) is 17.7. The van der Waals surface area contributed by atoms with Crippen molar-refractivity contribution in [2.45, 2.75) is 43.3 Å². The zero-order valence-electron chi connectivity index (χ0n) is 22.2. The Labute approximate surface area is 232 Å². The molecule has 3 aliphatic rings. The Morgan fingerprint density at radius 3 is 2.46 bits per heavy atom. The molecule has 2 fully saturated rings. The van der Waals surface area contributed by atoms with E-state index >= 15 is 0 Å². The smallest absolute Gasteiger partial charge is 0.434 e. The number of aromatic nitrogens is 6. The first kappa shape index (κ1) is 25.4. The summed E-state index contributed by atoms with van der Waals surface area (Å²) in [5.41, 5.74) is 2.08. The Balaban J connectivity index is 1.26. The van der Waals surface area contributed by atoms with Gasteiger partial charge in [0.1, 0.15) is 23.4 Å². The van der Waals surface area contributed by atoms with Crippen molar-refractivity contribution in [2.24, 2.45) is 7.05 Å². The summed E-state index contributed by atoms with van der Waals surface area (Å²) in [5.74, 6) is 1.75. The number of fused-ring (bicyclic) bond motifs is 1. The number of imidazole rings is 1. The van der Waals surface area contributed by atoms with Gasteiger partial charge in [-0.3, -0.25) is 4.79 Å². The summed E-state index contributed by atoms with van der Waals surface area (Å²) in [4.78, 5) is 36.8. The lowest BCUT2D eigenvalue weighted by atomic mass is 9.99. The van der Waals surface area contributed by atoms with Gasteiger partial charge in [0, 0.05) is 24.7 Å². The Kier molecular flexibility index (Phi) is 5.57. The van der Waals surface area contributed by atoms with Gasteiger partial charge in [-0.1, -0.05) is 24.3 Å². The molecule has 3 aromatic heterocycles. The molecule has 1 aliphatic heterocycles. The van der Waals surface area contributed by atoms with Crippen molar-refractivity contribution in [2.75, 3.05) is 23.9 Å². The third-order valence-electron chi connectivity index (χ3n) is 7.91. The molecule has 0 bridgehead atoms. The lowest BCUT2D eigenvalue weighted by Gasteiger charge is -2.37. The second kappa shape index (κ2) is 8.98. The molecular weight excluding hydrogens is 537 g/mol. The van der Waals surface area contributed by atoms with Crippen LogP contribution < -0.4 is 15.0 Å². The third kappa shape index (κ3) is 4.26. The number of amides is 1. The Bertz CT molecular complexity index is 1680. The van der Waals surface area contributed by atoms with Crippen molar-refractivity contribution in [3.05, 3.63) is 59.9 Å². The Hall–Kier alpha value is -4.55. The molecule has 1 aromatic carbocycles. The molecule has 13 heteroatoms. The fraction of sp³-hybridized carbons (Fsp3) is 0.357. The second-order valence-corrected chi connectivity index (χ2v) is 10.7. The number of nitrogens with zero attached hydrogens (tertiary/aromatic N) is 7. The van der Waals surface area contributed by atoms with Crippen LogP contribution >= 0.6 is 0 Å². The number of carbonyl (C=O) groups excluding carboxylic acids is 1. The van der Waals surface area contributed by atoms with E-state index in [0.29, 0.717) is 40.3 Å². The first-order valence-electron chi connectivity index (χ1n) is 13.2. The molecule has 10 nitrogen and oxygen atoms in total. The maximum absolute atomic E-state index is 13.2. The average molecular weight is 563 g/mol. The zero-order chi connectivity index (χ0) is 28.5. The van der Waals surface area contributed by atoms with Gasteiger partial charge in [0.2, 0.25) is 11.8 Å². The number of anilines is 2. The third-order valence-corrected chi connectivity index (χ3v) is 7.91. The van der Waals surface area contributed by atoms with E-state index in [9.17, 15) is 18.0 Å². The molecule has 0 spiro atoms. The number of alkyl halides is 3. The number of halogens is 3. The van der Waals surface area contributed by atoms with Crippen LogP contribution in [0.1, 0.15) is 48.6 Å². The quantitative estimate of drug-likeness (QED) is 0.361. The van der Waals surface area contributed by atoms with Gasteiger partial charge < -0.3 is 19.5 Å². The van der Waals surface area contributed by atoms with Gasteiger partial charge in [-0.2, -0.15) is 13.2 Å². The number of nitrogens with one attached hydrogen (secondary N) is 1. The van der Waals surface area contributed by atoms with Crippen molar-refractivity contribution in [1.29, 1.82) is 0 Å². The van der Waals surface area contributed by atoms with Crippen molar-refractivity contribution >= 4 is 17.4 Å². The van der Waals surface area contributed by atoms with E-state index in [1.807, 2.05) is 17.0 Å². The number of ether oxygens (including phenoxy) is 1. The highest BCUT2D eigenvalue weighted by atomic mass is 19.4. The van der Waals surface area contributed by atoms with Gasteiger partial charge in [-0.25, -0.2) is 24.9 Å². The van der Waals surface area contributed by atoms with E-state index in [0.717, 1.165) is 43.1 Å². The van der Waals surface area contributed by atoms with Crippen molar-refractivity contribution in [1.82, 2.24) is 29.5 Å². The standard InChI is InChI=1S/C28H25F3N8O2/c1-38-12-19(28(29,30)31)36-24(38)16-5-7-17(8-6-16)27(9-10-27)39-13-20(40)35-18-11-32-23(37-25(18)39)21-22(15-3-4-15)33-14-34-26(21)41-2/h5-8,11-12,14-15H,3-4,9-10,13H2,1-2H3,(H,35,40). The molecule has 2 saturated carbocycles. The van der Waals surface area contributed by atoms with E-state index in [1.54, 1.807) is 25.4 Å². The number of methoxy groups -OCH3 is 1. The van der Waals surface area contributed by atoms with Crippen LogP contribution in [0.4, 0.5) is 24.7 Å². The SMILES string of the molecule is COc1ncnc(C2CC2)c1-c1ncc2c(n1)N(C1(c3ccc(-c4nc(C(F)(F)F)cn4C)cc3)CC1)CC(=O)N2. The van der Waals surface area contributed by atoms with E-state index in [2.05, 4.69) is 25.3 Å². The number of benzene rings is 1. The predicted octanol–water partition coefficient (Wildman–Crippen LogP) is 4.69. The second-order valence-electron chi connectivity index (χ2n) is 10.7. The van der Waals surface area contributed by atoms with Crippen molar-refractivity contribution in [3.8, 4) is 28.7 Å². The summed E-state index contributed by atoms with van der Waals surface area (Å²) in [5, 5.41) is 2.88. The molecule has 41 heavy (non-hydrogen) atoms. The van der Waals surface area contributed by atoms with Crippen LogP contribution in [0.5, 0.6) is 5.88 Å². The lowest BCUT2D eigenvalue weighted by Crippen LogP contribution is -2.45. The number of carbonyl (C=O) groups is 1. The molecular formula is C28H25F3N8O2. The molecule has 0 saturated heterocycles. The number of aryl methyl sites for hydroxylation is 1. The van der Waals surface area contributed by atoms with Gasteiger partial charge in [0.25, 0.3) is 0 Å². The van der Waals surface area contributed by atoms with E-state index < -0.39 is 17.4 Å². The highest BCUT2D eigenvalue weighted by Gasteiger charge is 2.52. The minimum absolute atomic E-state index is 0.0947. The Morgan fingerprint density at radius 1 is 1.07 bits per heavy atom. The first-order valence-corrected chi connectivity index (χ1v) is 13.2. The molecule has 210 valence electrons. The summed E-state index contributed by atoms with van der Waals surface area (Å²) in [6.45, 7) is 0.0947. The fourth-order valence-corrected chi connectivity index (χ4v) is 5.60. The lowest BCUT2D eigenvalue weighted by molar-refractivity contribution is -0.140. The van der Waals surface area contributed by atoms with Gasteiger partial charge in [-0.05, 0) is 31.2 Å². The van der Waals surface area contributed by atoms with Crippen LogP contribution in [0.3, 0.4) is 0 Å². The van der Waals surface area contributed by atoms with Crippen LogP contribution in [0.25, 0.3) is 22.8 Å². The van der Waals surface area contributed by atoms with Gasteiger partial charge in [0.15, 0.2) is 17.3 Å². The molecule has 4 aromatic rings. The highest BCUT2D eigenvalue weighted by Crippen LogP contribution is 2.54. The van der Waals surface area contributed by atoms with Gasteiger partial charge >= 0.3 is 6.18 Å². The van der Waals surface area contributed by atoms with E-state index in [1.165, 1.54) is 17.9 Å². The average Bonchev–Trinajstić information content (AvgIpc) is 3.89. The maximum Gasteiger partial charge on any atom is 0.434 e. The molecule has 2 aliphatic carbocycles. The van der Waals surface area contributed by atoms with E-state index in [-0.39, 0.29) is 18.3 Å². The zero-order valence-corrected chi connectivity index (χ0v) is 22.2. The summed E-state index contributed by atoms with van der Waals surface area (Å²) in [6, 6.07) is 7.31. The number of rotatable bonds is 6. The Morgan fingerprint density at radius 2 is 1.83 bits per heavy atom. The van der Waals surface area contributed by atoms with Crippen LogP contribution in [0.2, 0.25) is 0 Å². The van der Waals surface area contributed by atoms with Gasteiger partial charge in [-0.15, -0.1) is 0 Å². The minimum Gasteiger partial charge on any atom is -0.480 e. The summed E-state index contributed by atoms with van der Waals surface area (Å²) in [7, 11) is 3.08. The highest BCUT2D eigenvalue weighted by molar-refractivity contribution is 6.01. The molecule has 0 atom stereocenters. The minimum atomic E-state index is -4.52. The molecule has 4 heterocycles. The van der Waals surface area contributed by atoms with Crippen LogP contribution in [0.15, 0.2) is 43.0 Å². The van der Waals surface area contributed by atoms with Crippen LogP contribution in [-0.2, 0) is 23.6 Å². The molecule has 0 unspecified atom stereocenters. The molecule has 1 N–H and O–H groups in total. The number of hydrogen-bond acceptors (Lipinski definition) is 8. The predicted molar refractivity (Wildman–Crippen MR) is 142 cm³/mol. The maximum atomic E-state index is 13.2. The van der Waals surface area contributed by atoms with Crippen LogP contribution in [-0.4, -0.2) is 49.0 Å². The topological polar surface area (TPSA) is 111 Å². The molecule has 0 radical (unpaired) electrons. The van der Waals surface area contributed by atoms with Gasteiger partial charge in [0.05, 0.1) is 31.1 Å². The molecule has 7 rings (SSSR count). The van der Waals surface area contributed by atoms with Crippen molar-refractivity contribution in [3.63, 3.8) is 0 Å². The van der Waals surface area contributed by atoms with Crippen LogP contribution in [0, 0.1) is 0 Å². The first-order chi connectivity index (χ1) is 19.7. The summed E-state index contributed by atoms with van der Waals surface area (Å²) < 4.78 is 46.5. The largest absolute Gasteiger partial charge is 0.480 e. The fourth-order valence-electron chi connectivity index (χ4n) is 5.60. The monoisotopic (exact) mass is 562 g/mol. The number of hydrogen-bond donors (Lipinski definition) is 1. The molecule has 1 amide bonds. The summed E-state index contributed by atoms with van der Waals surface area (Å²) in [6.07, 6.45) is 3.15.